The molecule has 0 saturated carbocycles. The molecule has 0 amide bonds. The van der Waals surface area contributed by atoms with Gasteiger partial charge in [-0.1, -0.05) is 15.9 Å². The normalized spacial score (nSPS) is 10.7. The van der Waals surface area contributed by atoms with Crippen LogP contribution in [0.3, 0.4) is 0 Å². The van der Waals surface area contributed by atoms with Crippen molar-refractivity contribution in [2.24, 2.45) is 0 Å². The van der Waals surface area contributed by atoms with Crippen molar-refractivity contribution < 1.29 is 14.6 Å². The molecule has 0 aliphatic carbocycles. The van der Waals surface area contributed by atoms with Gasteiger partial charge in [0, 0.05) is 9.86 Å². The lowest BCUT2D eigenvalue weighted by molar-refractivity contribution is 0.0691. The molecule has 5 heteroatoms. The molecule has 0 radical (unpaired) electrons. The Bertz CT molecular complexity index is 574. The van der Waals surface area contributed by atoms with Crippen LogP contribution in [0.4, 0.5) is 0 Å². The molecule has 16 heavy (non-hydrogen) atoms. The minimum absolute atomic E-state index is 0.200. The largest absolute Gasteiger partial charge is 0.495 e. The van der Waals surface area contributed by atoms with Crippen LogP contribution in [-0.4, -0.2) is 23.2 Å². The fraction of sp³-hybridized carbons (Fsp3) is 0.182. The summed E-state index contributed by atoms with van der Waals surface area (Å²) in [4.78, 5) is 13.9. The maximum Gasteiger partial charge on any atom is 0.352 e. The summed E-state index contributed by atoms with van der Waals surface area (Å²) in [5.74, 6) is -0.341. The third kappa shape index (κ3) is 1.57. The number of benzene rings is 1. The predicted molar refractivity (Wildman–Crippen MR) is 64.2 cm³/mol. The van der Waals surface area contributed by atoms with Crippen LogP contribution in [-0.2, 0) is 0 Å². The number of rotatable bonds is 2. The molecule has 0 atom stereocenters. The van der Waals surface area contributed by atoms with E-state index in [-0.39, 0.29) is 5.69 Å². The number of carboxylic acid groups (broad SMARTS) is 1. The summed E-state index contributed by atoms with van der Waals surface area (Å²) >= 11 is 3.36. The van der Waals surface area contributed by atoms with Gasteiger partial charge in [-0.05, 0) is 24.6 Å². The topological polar surface area (TPSA) is 62.3 Å². The summed E-state index contributed by atoms with van der Waals surface area (Å²) in [5, 5.41) is 9.87. The van der Waals surface area contributed by atoms with E-state index in [1.54, 1.807) is 20.1 Å². The van der Waals surface area contributed by atoms with Crippen LogP contribution < -0.4 is 4.74 Å². The van der Waals surface area contributed by atoms with Crippen molar-refractivity contribution in [1.82, 2.24) is 4.98 Å². The number of hydrogen-bond acceptors (Lipinski definition) is 2. The van der Waals surface area contributed by atoms with Crippen molar-refractivity contribution in [3.8, 4) is 5.75 Å². The van der Waals surface area contributed by atoms with Crippen LogP contribution in [0.15, 0.2) is 16.6 Å². The fourth-order valence-electron chi connectivity index (χ4n) is 1.73. The summed E-state index contributed by atoms with van der Waals surface area (Å²) in [6.07, 6.45) is 0. The van der Waals surface area contributed by atoms with Gasteiger partial charge in [-0.3, -0.25) is 0 Å². The number of methoxy groups -OCH3 is 1. The Balaban J connectivity index is 2.85. The number of nitrogens with one attached hydrogen (secondary N) is 1. The Hall–Kier alpha value is -1.49. The van der Waals surface area contributed by atoms with Crippen molar-refractivity contribution in [2.45, 2.75) is 6.92 Å². The van der Waals surface area contributed by atoms with Crippen LogP contribution in [0.5, 0.6) is 5.75 Å². The molecule has 0 fully saturated rings. The van der Waals surface area contributed by atoms with E-state index in [1.807, 2.05) is 6.07 Å². The Morgan fingerprint density at radius 2 is 2.19 bits per heavy atom. The molecule has 84 valence electrons. The highest BCUT2D eigenvalue weighted by Crippen LogP contribution is 2.32. The molecular weight excluding hydrogens is 274 g/mol. The Kier molecular flexibility index (Phi) is 2.63. The van der Waals surface area contributed by atoms with Crippen LogP contribution in [0.1, 0.15) is 16.1 Å². The average molecular weight is 284 g/mol. The van der Waals surface area contributed by atoms with Gasteiger partial charge in [-0.2, -0.15) is 0 Å². The van der Waals surface area contributed by atoms with Crippen LogP contribution in [0.2, 0.25) is 0 Å². The van der Waals surface area contributed by atoms with Gasteiger partial charge < -0.3 is 14.8 Å². The first-order chi connectivity index (χ1) is 7.54. The van der Waals surface area contributed by atoms with Crippen molar-refractivity contribution in [2.75, 3.05) is 7.11 Å². The molecule has 2 N–H and O–H groups in total. The minimum atomic E-state index is -0.966. The second-order valence-electron chi connectivity index (χ2n) is 3.46. The molecule has 0 aliphatic rings. The summed E-state index contributed by atoms with van der Waals surface area (Å²) in [6, 6.07) is 3.67. The van der Waals surface area contributed by atoms with Gasteiger partial charge in [0.25, 0.3) is 0 Å². The molecule has 2 aromatic rings. The van der Waals surface area contributed by atoms with Crippen molar-refractivity contribution in [3.05, 3.63) is 27.9 Å². The highest BCUT2D eigenvalue weighted by molar-refractivity contribution is 9.10. The summed E-state index contributed by atoms with van der Waals surface area (Å²) in [5.41, 5.74) is 1.62. The third-order valence-electron chi connectivity index (χ3n) is 2.53. The van der Waals surface area contributed by atoms with E-state index in [0.717, 1.165) is 9.86 Å². The first kappa shape index (κ1) is 11.0. The molecule has 4 nitrogen and oxygen atoms in total. The van der Waals surface area contributed by atoms with Crippen molar-refractivity contribution in [1.29, 1.82) is 0 Å². The smallest absolute Gasteiger partial charge is 0.352 e. The lowest BCUT2D eigenvalue weighted by Gasteiger charge is -2.02. The Morgan fingerprint density at radius 3 is 2.75 bits per heavy atom. The van der Waals surface area contributed by atoms with Gasteiger partial charge in [0.15, 0.2) is 0 Å². The number of aromatic amines is 1. The molecule has 0 bridgehead atoms. The molecule has 2 rings (SSSR count). The zero-order valence-corrected chi connectivity index (χ0v) is 10.4. The Labute approximate surface area is 100 Å². The average Bonchev–Trinajstić information content (AvgIpc) is 2.55. The third-order valence-corrected chi connectivity index (χ3v) is 2.99. The second kappa shape index (κ2) is 3.83. The summed E-state index contributed by atoms with van der Waals surface area (Å²) in [6.45, 7) is 1.77. The van der Waals surface area contributed by atoms with E-state index < -0.39 is 5.97 Å². The van der Waals surface area contributed by atoms with E-state index in [1.165, 1.54) is 0 Å². The summed E-state index contributed by atoms with van der Waals surface area (Å²) < 4.78 is 6.06. The lowest BCUT2D eigenvalue weighted by Crippen LogP contribution is -1.98. The van der Waals surface area contributed by atoms with Crippen LogP contribution in [0.25, 0.3) is 10.9 Å². The van der Waals surface area contributed by atoms with Gasteiger partial charge in [0.05, 0.1) is 12.6 Å². The predicted octanol–water partition coefficient (Wildman–Crippen LogP) is 2.95. The first-order valence-corrected chi connectivity index (χ1v) is 5.43. The van der Waals surface area contributed by atoms with Gasteiger partial charge in [0.2, 0.25) is 0 Å². The minimum Gasteiger partial charge on any atom is -0.495 e. The number of fused-ring (bicyclic) bond motifs is 1. The Morgan fingerprint density at radius 1 is 1.50 bits per heavy atom. The van der Waals surface area contributed by atoms with E-state index in [4.69, 9.17) is 9.84 Å². The molecule has 1 heterocycles. The maximum atomic E-state index is 11.0. The van der Waals surface area contributed by atoms with Crippen LogP contribution in [0, 0.1) is 6.92 Å². The number of H-pyrrole nitrogens is 1. The van der Waals surface area contributed by atoms with Gasteiger partial charge >= 0.3 is 5.97 Å². The number of ether oxygens (including phenoxy) is 1. The number of aromatic carboxylic acids is 1. The van der Waals surface area contributed by atoms with Crippen molar-refractivity contribution in [3.63, 3.8) is 0 Å². The summed E-state index contributed by atoms with van der Waals surface area (Å²) in [7, 11) is 1.55. The van der Waals surface area contributed by atoms with Crippen molar-refractivity contribution >= 4 is 32.8 Å². The molecule has 0 unspecified atom stereocenters. The van der Waals surface area contributed by atoms with E-state index in [9.17, 15) is 4.79 Å². The highest BCUT2D eigenvalue weighted by atomic mass is 79.9. The zero-order chi connectivity index (χ0) is 11.9. The quantitative estimate of drug-likeness (QED) is 0.891. The number of hydrogen-bond donors (Lipinski definition) is 2. The SMILES string of the molecule is COc1cc(Br)cc2c(C)c(C(=O)O)[nH]c12. The van der Waals surface area contributed by atoms with Gasteiger partial charge in [-0.15, -0.1) is 0 Å². The standard InChI is InChI=1S/C11H10BrNO3/c1-5-7-3-6(12)4-8(16-2)10(7)13-9(5)11(14)15/h3-4,13H,1-2H3,(H,14,15). The molecule has 1 aromatic carbocycles. The van der Waals surface area contributed by atoms with Crippen LogP contribution >= 0.6 is 15.9 Å². The van der Waals surface area contributed by atoms with E-state index in [0.29, 0.717) is 16.8 Å². The van der Waals surface area contributed by atoms with E-state index in [2.05, 4.69) is 20.9 Å². The number of carbonyl (C=O) groups is 1. The zero-order valence-electron chi connectivity index (χ0n) is 8.80. The van der Waals surface area contributed by atoms with Gasteiger partial charge in [-0.25, -0.2) is 4.79 Å². The lowest BCUT2D eigenvalue weighted by atomic mass is 10.1. The monoisotopic (exact) mass is 283 g/mol. The molecular formula is C11H10BrNO3. The maximum absolute atomic E-state index is 11.0. The molecule has 1 aromatic heterocycles. The fourth-order valence-corrected chi connectivity index (χ4v) is 2.17. The molecule has 0 saturated heterocycles. The second-order valence-corrected chi connectivity index (χ2v) is 4.38. The van der Waals surface area contributed by atoms with E-state index >= 15 is 0 Å². The first-order valence-electron chi connectivity index (χ1n) is 4.63. The number of carboxylic acids is 1. The molecule has 0 spiro atoms. The number of aromatic nitrogens is 1. The molecule has 0 aliphatic heterocycles. The van der Waals surface area contributed by atoms with Gasteiger partial charge in [0.1, 0.15) is 11.4 Å². The number of aryl methyl sites for hydroxylation is 1. The number of halogens is 1. The highest BCUT2D eigenvalue weighted by Gasteiger charge is 2.16.